The van der Waals surface area contributed by atoms with Crippen LogP contribution in [0.3, 0.4) is 0 Å². The van der Waals surface area contributed by atoms with Crippen molar-refractivity contribution in [2.75, 3.05) is 5.32 Å². The fourth-order valence-electron chi connectivity index (χ4n) is 2.29. The van der Waals surface area contributed by atoms with E-state index in [9.17, 15) is 9.18 Å². The van der Waals surface area contributed by atoms with Gasteiger partial charge in [-0.15, -0.1) is 0 Å². The van der Waals surface area contributed by atoms with Crippen LogP contribution in [-0.4, -0.2) is 22.2 Å². The molecule has 0 fully saturated rings. The molecular formula is C19H18FN3O3. The maximum Gasteiger partial charge on any atom is 0.270 e. The number of amides is 1. The van der Waals surface area contributed by atoms with Crippen molar-refractivity contribution in [2.24, 2.45) is 0 Å². The number of para-hydroxylation sites is 1. The van der Waals surface area contributed by atoms with E-state index >= 15 is 0 Å². The third-order valence-electron chi connectivity index (χ3n) is 3.73. The summed E-state index contributed by atoms with van der Waals surface area (Å²) in [6.07, 6.45) is -0.531. The number of anilines is 1. The van der Waals surface area contributed by atoms with Crippen LogP contribution in [0.15, 0.2) is 53.1 Å². The molecule has 0 aliphatic carbocycles. The van der Waals surface area contributed by atoms with Crippen molar-refractivity contribution >= 4 is 11.9 Å². The van der Waals surface area contributed by atoms with Gasteiger partial charge in [0.05, 0.1) is 0 Å². The average Bonchev–Trinajstić information content (AvgIpc) is 3.10. The highest BCUT2D eigenvalue weighted by molar-refractivity contribution is 5.92. The Kier molecular flexibility index (Phi) is 5.26. The van der Waals surface area contributed by atoms with E-state index in [4.69, 9.17) is 9.26 Å². The van der Waals surface area contributed by atoms with Gasteiger partial charge in [0, 0.05) is 5.56 Å². The molecule has 3 aromatic rings. The van der Waals surface area contributed by atoms with Gasteiger partial charge in [-0.05, 0) is 42.8 Å². The molecule has 1 atom stereocenters. The summed E-state index contributed by atoms with van der Waals surface area (Å²) in [5.74, 6) is -0.667. The van der Waals surface area contributed by atoms with Crippen LogP contribution in [0.2, 0.25) is 0 Å². The number of nitrogens with one attached hydrogen (secondary N) is 1. The number of nitrogens with zero attached hydrogens (tertiary/aromatic N) is 2. The molecule has 0 radical (unpaired) electrons. The molecular weight excluding hydrogens is 337 g/mol. The van der Waals surface area contributed by atoms with E-state index < -0.39 is 17.8 Å². The van der Waals surface area contributed by atoms with Gasteiger partial charge in [0.1, 0.15) is 0 Å². The van der Waals surface area contributed by atoms with Gasteiger partial charge in [-0.25, -0.2) is 4.39 Å². The maximum absolute atomic E-state index is 13.7. The lowest BCUT2D eigenvalue weighted by Crippen LogP contribution is -2.33. The number of hydrogen-bond acceptors (Lipinski definition) is 5. The fraction of sp³-hybridized carbons (Fsp3) is 0.211. The Hall–Kier alpha value is -3.22. The van der Waals surface area contributed by atoms with Crippen molar-refractivity contribution in [3.63, 3.8) is 0 Å². The van der Waals surface area contributed by atoms with Crippen molar-refractivity contribution in [1.29, 1.82) is 0 Å². The van der Waals surface area contributed by atoms with Gasteiger partial charge in [0.15, 0.2) is 17.7 Å². The number of halogens is 1. The summed E-state index contributed by atoms with van der Waals surface area (Å²) >= 11 is 0. The zero-order chi connectivity index (χ0) is 18.5. The summed E-state index contributed by atoms with van der Waals surface area (Å²) in [7, 11) is 0. The standard InChI is InChI=1S/C19H18FN3O3/c1-3-15(25-16-7-5-4-6-14(16)20)17(24)21-19-22-18(26-23-19)13-10-8-12(2)9-11-13/h4-11,15H,3H2,1-2H3,(H,21,23,24)/t15-/m0/s1. The molecule has 134 valence electrons. The monoisotopic (exact) mass is 355 g/mol. The number of carbonyl (C=O) groups is 1. The van der Waals surface area contributed by atoms with Crippen molar-refractivity contribution in [1.82, 2.24) is 10.1 Å². The van der Waals surface area contributed by atoms with Gasteiger partial charge < -0.3 is 9.26 Å². The van der Waals surface area contributed by atoms with Crippen molar-refractivity contribution in [2.45, 2.75) is 26.4 Å². The van der Waals surface area contributed by atoms with E-state index in [2.05, 4.69) is 15.5 Å². The molecule has 0 saturated heterocycles. The number of rotatable bonds is 6. The Bertz CT molecular complexity index is 893. The molecule has 2 aromatic carbocycles. The summed E-state index contributed by atoms with van der Waals surface area (Å²) in [5, 5.41) is 6.28. The summed E-state index contributed by atoms with van der Waals surface area (Å²) in [6.45, 7) is 3.74. The SMILES string of the molecule is CC[C@H](Oc1ccccc1F)C(=O)Nc1noc(-c2ccc(C)cc2)n1. The minimum Gasteiger partial charge on any atom is -0.478 e. The van der Waals surface area contributed by atoms with Crippen LogP contribution in [0, 0.1) is 12.7 Å². The first-order chi connectivity index (χ1) is 12.6. The van der Waals surface area contributed by atoms with Crippen molar-refractivity contribution in [3.8, 4) is 17.2 Å². The van der Waals surface area contributed by atoms with Crippen LogP contribution < -0.4 is 10.1 Å². The second-order valence-corrected chi connectivity index (χ2v) is 5.72. The predicted molar refractivity (Wildman–Crippen MR) is 94.2 cm³/mol. The predicted octanol–water partition coefficient (Wildman–Crippen LogP) is 3.98. The second-order valence-electron chi connectivity index (χ2n) is 5.72. The highest BCUT2D eigenvalue weighted by atomic mass is 19.1. The number of carbonyl (C=O) groups excluding carboxylic acids is 1. The fourth-order valence-corrected chi connectivity index (χ4v) is 2.29. The average molecular weight is 355 g/mol. The lowest BCUT2D eigenvalue weighted by atomic mass is 10.1. The van der Waals surface area contributed by atoms with Gasteiger partial charge in [-0.3, -0.25) is 10.1 Å². The van der Waals surface area contributed by atoms with Crippen molar-refractivity contribution < 1.29 is 18.4 Å². The van der Waals surface area contributed by atoms with E-state index in [1.807, 2.05) is 31.2 Å². The van der Waals surface area contributed by atoms with E-state index in [1.165, 1.54) is 12.1 Å². The Balaban J connectivity index is 1.68. The normalized spacial score (nSPS) is 11.8. The van der Waals surface area contributed by atoms with E-state index in [0.717, 1.165) is 11.1 Å². The molecule has 1 N–H and O–H groups in total. The van der Waals surface area contributed by atoms with Gasteiger partial charge in [0.25, 0.3) is 17.7 Å². The van der Waals surface area contributed by atoms with Crippen LogP contribution in [-0.2, 0) is 4.79 Å². The first kappa shape index (κ1) is 17.6. The molecule has 0 aliphatic rings. The van der Waals surface area contributed by atoms with Gasteiger partial charge in [-0.1, -0.05) is 36.8 Å². The quantitative estimate of drug-likeness (QED) is 0.724. The topological polar surface area (TPSA) is 77.2 Å². The van der Waals surface area contributed by atoms with Crippen LogP contribution in [0.25, 0.3) is 11.5 Å². The molecule has 1 aromatic heterocycles. The highest BCUT2D eigenvalue weighted by Crippen LogP contribution is 2.21. The summed E-state index contributed by atoms with van der Waals surface area (Å²) in [5.41, 5.74) is 1.86. The molecule has 3 rings (SSSR count). The van der Waals surface area contributed by atoms with Crippen LogP contribution in [0.4, 0.5) is 10.3 Å². The highest BCUT2D eigenvalue weighted by Gasteiger charge is 2.22. The Morgan fingerprint density at radius 2 is 1.96 bits per heavy atom. The largest absolute Gasteiger partial charge is 0.478 e. The van der Waals surface area contributed by atoms with Crippen molar-refractivity contribution in [3.05, 3.63) is 59.9 Å². The molecule has 1 amide bonds. The van der Waals surface area contributed by atoms with E-state index in [-0.39, 0.29) is 11.7 Å². The third-order valence-corrected chi connectivity index (χ3v) is 3.73. The smallest absolute Gasteiger partial charge is 0.270 e. The van der Waals surface area contributed by atoms with E-state index in [1.54, 1.807) is 19.1 Å². The molecule has 6 nitrogen and oxygen atoms in total. The third kappa shape index (κ3) is 4.05. The summed E-state index contributed by atoms with van der Waals surface area (Å²) in [6, 6.07) is 13.5. The summed E-state index contributed by atoms with van der Waals surface area (Å²) in [4.78, 5) is 16.5. The molecule has 0 bridgehead atoms. The zero-order valence-corrected chi connectivity index (χ0v) is 14.4. The number of aryl methyl sites for hydroxylation is 1. The Morgan fingerprint density at radius 1 is 1.23 bits per heavy atom. The summed E-state index contributed by atoms with van der Waals surface area (Å²) < 4.78 is 24.3. The number of hydrogen-bond donors (Lipinski definition) is 1. The van der Waals surface area contributed by atoms with Gasteiger partial charge >= 0.3 is 0 Å². The lowest BCUT2D eigenvalue weighted by molar-refractivity contribution is -0.123. The van der Waals surface area contributed by atoms with Crippen LogP contribution in [0.1, 0.15) is 18.9 Å². The Morgan fingerprint density at radius 3 is 2.65 bits per heavy atom. The number of ether oxygens (including phenoxy) is 1. The first-order valence-corrected chi connectivity index (χ1v) is 8.19. The molecule has 0 unspecified atom stereocenters. The minimum absolute atomic E-state index is 0.0166. The molecule has 1 heterocycles. The zero-order valence-electron chi connectivity index (χ0n) is 14.4. The molecule has 26 heavy (non-hydrogen) atoms. The molecule has 0 saturated carbocycles. The minimum atomic E-state index is -0.881. The van der Waals surface area contributed by atoms with Crippen LogP contribution >= 0.6 is 0 Å². The lowest BCUT2D eigenvalue weighted by Gasteiger charge is -2.16. The van der Waals surface area contributed by atoms with Crippen LogP contribution in [0.5, 0.6) is 5.75 Å². The number of benzene rings is 2. The molecule has 0 aliphatic heterocycles. The van der Waals surface area contributed by atoms with Gasteiger partial charge in [0.2, 0.25) is 0 Å². The Labute approximate surface area is 150 Å². The molecule has 7 heteroatoms. The van der Waals surface area contributed by atoms with Gasteiger partial charge in [-0.2, -0.15) is 4.98 Å². The number of aromatic nitrogens is 2. The second kappa shape index (κ2) is 7.77. The molecule has 0 spiro atoms. The maximum atomic E-state index is 13.7. The first-order valence-electron chi connectivity index (χ1n) is 8.19. The van der Waals surface area contributed by atoms with E-state index in [0.29, 0.717) is 12.3 Å².